The van der Waals surface area contributed by atoms with Gasteiger partial charge in [-0.15, -0.1) is 0 Å². The molecule has 1 nitrogen and oxygen atoms in total. The van der Waals surface area contributed by atoms with E-state index in [1.807, 2.05) is 26.8 Å². The fraction of sp³-hybridized carbons (Fsp3) is 0.833. The topological polar surface area (TPSA) is 20.2 Å². The van der Waals surface area contributed by atoms with Crippen molar-refractivity contribution in [2.24, 2.45) is 5.92 Å². The van der Waals surface area contributed by atoms with E-state index in [0.29, 0.717) is 0 Å². The molecule has 0 saturated heterocycles. The fourth-order valence-electron chi connectivity index (χ4n) is 0.279. The van der Waals surface area contributed by atoms with Crippen molar-refractivity contribution < 1.29 is 5.11 Å². The highest BCUT2D eigenvalue weighted by molar-refractivity contribution is 4.81. The highest BCUT2D eigenvalue weighted by Gasteiger charge is 1.80. The van der Waals surface area contributed by atoms with Crippen LogP contribution < -0.4 is 0 Å². The molecule has 0 amide bonds. The maximum atomic E-state index is 8.47. The minimum atomic E-state index is -0.282. The van der Waals surface area contributed by atoms with Crippen LogP contribution in [0, 0.1) is 5.92 Å². The molecule has 0 saturated carbocycles. The summed E-state index contributed by atoms with van der Waals surface area (Å²) in [6, 6.07) is 0. The normalized spacial score (nSPS) is 11.5. The van der Waals surface area contributed by atoms with Crippen LogP contribution in [0.25, 0.3) is 0 Å². The number of aliphatic hydroxyl groups excluding tert-OH is 1. The number of rotatable bonds is 2. The van der Waals surface area contributed by atoms with E-state index in [0.717, 1.165) is 5.92 Å². The first kappa shape index (κ1) is 18.5. The zero-order valence-electron chi connectivity index (χ0n) is 10.5. The molecule has 0 bridgehead atoms. The van der Waals surface area contributed by atoms with Gasteiger partial charge in [-0.25, -0.2) is 0 Å². The number of hydrogen-bond acceptors (Lipinski definition) is 1. The molecule has 0 rings (SSSR count). The SMILES string of the molecule is C/C=C\C(C)O.CC.CCC(C)C. The standard InChI is InChI=1S/C5H10O.C5H12.C2H6/c1-3-4-5(2)6;1-4-5(2)3;1-2/h3-6H,1-2H3;5H,4H2,1-3H3;1-2H3/b4-3-;;. The van der Waals surface area contributed by atoms with Gasteiger partial charge in [0.1, 0.15) is 0 Å². The largest absolute Gasteiger partial charge is 0.389 e. The van der Waals surface area contributed by atoms with Crippen molar-refractivity contribution in [3.63, 3.8) is 0 Å². The zero-order valence-corrected chi connectivity index (χ0v) is 10.5. The third kappa shape index (κ3) is 49.8. The average molecular weight is 188 g/mol. The molecule has 13 heavy (non-hydrogen) atoms. The van der Waals surface area contributed by atoms with Gasteiger partial charge in [-0.3, -0.25) is 0 Å². The average Bonchev–Trinajstić information content (AvgIpc) is 2.09. The minimum absolute atomic E-state index is 0.282. The highest BCUT2D eigenvalue weighted by atomic mass is 16.3. The highest BCUT2D eigenvalue weighted by Crippen LogP contribution is 1.93. The van der Waals surface area contributed by atoms with Crippen molar-refractivity contribution in [3.05, 3.63) is 12.2 Å². The van der Waals surface area contributed by atoms with Crippen LogP contribution in [0.15, 0.2) is 12.2 Å². The van der Waals surface area contributed by atoms with Crippen LogP contribution in [0.2, 0.25) is 0 Å². The molecule has 0 aromatic heterocycles. The van der Waals surface area contributed by atoms with Crippen molar-refractivity contribution in [3.8, 4) is 0 Å². The predicted molar refractivity (Wildman–Crippen MR) is 63.0 cm³/mol. The summed E-state index contributed by atoms with van der Waals surface area (Å²) in [7, 11) is 0. The lowest BCUT2D eigenvalue weighted by atomic mass is 10.2. The first-order valence-electron chi connectivity index (χ1n) is 5.35. The fourth-order valence-corrected chi connectivity index (χ4v) is 0.279. The molecule has 0 heterocycles. The maximum absolute atomic E-state index is 8.47. The van der Waals surface area contributed by atoms with Gasteiger partial charge < -0.3 is 5.11 Å². The Labute approximate surface area is 84.9 Å². The van der Waals surface area contributed by atoms with Crippen LogP contribution in [0.1, 0.15) is 54.9 Å². The van der Waals surface area contributed by atoms with Gasteiger partial charge in [0, 0.05) is 0 Å². The summed E-state index contributed by atoms with van der Waals surface area (Å²) in [4.78, 5) is 0. The lowest BCUT2D eigenvalue weighted by molar-refractivity contribution is 0.244. The second-order valence-corrected chi connectivity index (χ2v) is 3.07. The summed E-state index contributed by atoms with van der Waals surface area (Å²) in [6.07, 6.45) is 4.57. The van der Waals surface area contributed by atoms with Crippen LogP contribution in [-0.4, -0.2) is 11.2 Å². The molecule has 0 radical (unpaired) electrons. The Balaban J connectivity index is -0.000000131. The van der Waals surface area contributed by atoms with E-state index in [1.54, 1.807) is 13.0 Å². The monoisotopic (exact) mass is 188 g/mol. The van der Waals surface area contributed by atoms with Crippen molar-refractivity contribution >= 4 is 0 Å². The Bertz CT molecular complexity index is 83.1. The van der Waals surface area contributed by atoms with Gasteiger partial charge in [0.2, 0.25) is 0 Å². The summed E-state index contributed by atoms with van der Waals surface area (Å²) in [6.45, 7) is 14.2. The molecular formula is C12H28O. The third-order valence-electron chi connectivity index (χ3n) is 1.29. The molecule has 0 spiro atoms. The second kappa shape index (κ2) is 17.7. The van der Waals surface area contributed by atoms with Gasteiger partial charge in [-0.05, 0) is 19.8 Å². The molecule has 1 unspecified atom stereocenters. The summed E-state index contributed by atoms with van der Waals surface area (Å²) in [5, 5.41) is 8.47. The van der Waals surface area contributed by atoms with Crippen LogP contribution in [0.3, 0.4) is 0 Å². The van der Waals surface area contributed by atoms with Crippen molar-refractivity contribution in [1.29, 1.82) is 0 Å². The molecule has 0 aromatic carbocycles. The first-order valence-corrected chi connectivity index (χ1v) is 5.35. The van der Waals surface area contributed by atoms with Crippen LogP contribution in [0.5, 0.6) is 0 Å². The predicted octanol–water partition coefficient (Wildman–Crippen LogP) is 4.02. The maximum Gasteiger partial charge on any atom is 0.0692 e. The van der Waals surface area contributed by atoms with Gasteiger partial charge in [-0.2, -0.15) is 0 Å². The van der Waals surface area contributed by atoms with E-state index >= 15 is 0 Å². The molecule has 0 aliphatic heterocycles. The Morgan fingerprint density at radius 1 is 1.15 bits per heavy atom. The van der Waals surface area contributed by atoms with Crippen molar-refractivity contribution in [1.82, 2.24) is 0 Å². The summed E-state index contributed by atoms with van der Waals surface area (Å²) < 4.78 is 0. The van der Waals surface area contributed by atoms with Gasteiger partial charge >= 0.3 is 0 Å². The Morgan fingerprint density at radius 2 is 1.46 bits per heavy atom. The van der Waals surface area contributed by atoms with Gasteiger partial charge in [0.15, 0.2) is 0 Å². The molecule has 1 atom stereocenters. The molecular weight excluding hydrogens is 160 g/mol. The molecule has 82 valence electrons. The number of allylic oxidation sites excluding steroid dienone is 1. The third-order valence-corrected chi connectivity index (χ3v) is 1.29. The molecule has 1 heteroatoms. The number of aliphatic hydroxyl groups is 1. The van der Waals surface area contributed by atoms with Gasteiger partial charge in [-0.1, -0.05) is 53.2 Å². The van der Waals surface area contributed by atoms with E-state index in [2.05, 4.69) is 20.8 Å². The Kier molecular flexibility index (Phi) is 25.2. The number of hydrogen-bond donors (Lipinski definition) is 1. The zero-order chi connectivity index (χ0) is 11.3. The molecule has 0 aliphatic rings. The second-order valence-electron chi connectivity index (χ2n) is 3.07. The van der Waals surface area contributed by atoms with E-state index < -0.39 is 0 Å². The molecule has 0 aromatic rings. The van der Waals surface area contributed by atoms with Crippen LogP contribution in [-0.2, 0) is 0 Å². The van der Waals surface area contributed by atoms with Crippen molar-refractivity contribution in [2.45, 2.75) is 61.0 Å². The van der Waals surface area contributed by atoms with E-state index in [1.165, 1.54) is 6.42 Å². The lowest BCUT2D eigenvalue weighted by Crippen LogP contribution is -1.89. The van der Waals surface area contributed by atoms with Crippen LogP contribution in [0.4, 0.5) is 0 Å². The summed E-state index contributed by atoms with van der Waals surface area (Å²) in [5.41, 5.74) is 0. The lowest BCUT2D eigenvalue weighted by Gasteiger charge is -1.90. The molecule has 0 fully saturated rings. The van der Waals surface area contributed by atoms with Gasteiger partial charge in [0.25, 0.3) is 0 Å². The quantitative estimate of drug-likeness (QED) is 0.649. The van der Waals surface area contributed by atoms with Crippen molar-refractivity contribution in [2.75, 3.05) is 0 Å². The van der Waals surface area contributed by atoms with Crippen LogP contribution >= 0.6 is 0 Å². The Hall–Kier alpha value is -0.300. The Morgan fingerprint density at radius 3 is 1.46 bits per heavy atom. The summed E-state index contributed by atoms with van der Waals surface area (Å²) in [5.74, 6) is 0.884. The minimum Gasteiger partial charge on any atom is -0.389 e. The molecule has 1 N–H and O–H groups in total. The van der Waals surface area contributed by atoms with Gasteiger partial charge in [0.05, 0.1) is 6.10 Å². The van der Waals surface area contributed by atoms with E-state index in [-0.39, 0.29) is 6.10 Å². The first-order chi connectivity index (χ1) is 6.04. The van der Waals surface area contributed by atoms with E-state index in [4.69, 9.17) is 5.11 Å². The smallest absolute Gasteiger partial charge is 0.0692 e. The van der Waals surface area contributed by atoms with E-state index in [9.17, 15) is 0 Å². The molecule has 0 aliphatic carbocycles. The summed E-state index contributed by atoms with van der Waals surface area (Å²) >= 11 is 0.